The second kappa shape index (κ2) is 7.09. The average molecular weight is 331 g/mol. The van der Waals surface area contributed by atoms with Gasteiger partial charge in [-0.15, -0.1) is 11.3 Å². The van der Waals surface area contributed by atoms with E-state index in [9.17, 15) is 4.79 Å². The van der Waals surface area contributed by atoms with Gasteiger partial charge in [0.2, 0.25) is 0 Å². The first kappa shape index (κ1) is 15.3. The highest BCUT2D eigenvalue weighted by Crippen LogP contribution is 2.34. The number of para-hydroxylation sites is 1. The van der Waals surface area contributed by atoms with Gasteiger partial charge in [0.05, 0.1) is 22.1 Å². The molecule has 20 heavy (non-hydrogen) atoms. The van der Waals surface area contributed by atoms with Crippen LogP contribution >= 0.6 is 34.5 Å². The molecule has 3 nitrogen and oxygen atoms in total. The molecule has 0 radical (unpaired) electrons. The maximum absolute atomic E-state index is 12.5. The monoisotopic (exact) mass is 330 g/mol. The normalized spacial score (nSPS) is 10.6. The van der Waals surface area contributed by atoms with Crippen molar-refractivity contribution in [1.82, 2.24) is 0 Å². The van der Waals surface area contributed by atoms with E-state index in [4.69, 9.17) is 32.7 Å². The zero-order valence-corrected chi connectivity index (χ0v) is 13.0. The summed E-state index contributed by atoms with van der Waals surface area (Å²) in [5, 5.41) is 0. The van der Waals surface area contributed by atoms with Crippen LogP contribution in [-0.2, 0) is 4.74 Å². The van der Waals surface area contributed by atoms with E-state index in [2.05, 4.69) is 0 Å². The number of hydrogen-bond donors (Lipinski definition) is 0. The first-order valence-corrected chi connectivity index (χ1v) is 7.41. The van der Waals surface area contributed by atoms with Crippen molar-refractivity contribution in [3.05, 3.63) is 50.1 Å². The molecule has 0 spiro atoms. The van der Waals surface area contributed by atoms with Crippen LogP contribution in [0.5, 0.6) is 5.75 Å². The predicted octanol–water partition coefficient (Wildman–Crippen LogP) is 4.31. The topological polar surface area (TPSA) is 35.5 Å². The zero-order valence-electron chi connectivity index (χ0n) is 10.7. The molecule has 1 aromatic heterocycles. The van der Waals surface area contributed by atoms with Crippen LogP contribution in [0.2, 0.25) is 8.67 Å². The number of carbonyl (C=O) groups excluding carboxylic acids is 1. The summed E-state index contributed by atoms with van der Waals surface area (Å²) in [6.45, 7) is 0.826. The van der Waals surface area contributed by atoms with Crippen molar-refractivity contribution in [3.8, 4) is 5.75 Å². The standard InChI is InChI=1S/C14H12Cl2O3S/c1-18-6-7-19-11-5-3-2-4-9(11)13(17)10-8-12(15)20-14(10)16/h2-5,8H,6-7H2,1H3. The van der Waals surface area contributed by atoms with Crippen molar-refractivity contribution < 1.29 is 14.3 Å². The van der Waals surface area contributed by atoms with Gasteiger partial charge in [0, 0.05) is 7.11 Å². The summed E-state index contributed by atoms with van der Waals surface area (Å²) in [5.41, 5.74) is 0.851. The Morgan fingerprint density at radius 3 is 2.60 bits per heavy atom. The smallest absolute Gasteiger partial charge is 0.199 e. The van der Waals surface area contributed by atoms with Crippen LogP contribution < -0.4 is 4.74 Å². The number of halogens is 2. The van der Waals surface area contributed by atoms with Gasteiger partial charge >= 0.3 is 0 Å². The molecule has 0 bridgehead atoms. The van der Waals surface area contributed by atoms with Gasteiger partial charge < -0.3 is 9.47 Å². The maximum Gasteiger partial charge on any atom is 0.199 e. The van der Waals surface area contributed by atoms with E-state index in [0.29, 0.717) is 38.8 Å². The number of benzene rings is 1. The molecular weight excluding hydrogens is 319 g/mol. The number of ketones is 1. The number of carbonyl (C=O) groups is 1. The molecule has 1 heterocycles. The summed E-state index contributed by atoms with van der Waals surface area (Å²) in [5.74, 6) is 0.305. The summed E-state index contributed by atoms with van der Waals surface area (Å²) in [6, 6.07) is 8.60. The fraction of sp³-hybridized carbons (Fsp3) is 0.214. The first-order valence-electron chi connectivity index (χ1n) is 5.83. The highest BCUT2D eigenvalue weighted by molar-refractivity contribution is 7.20. The number of hydrogen-bond acceptors (Lipinski definition) is 4. The highest BCUT2D eigenvalue weighted by atomic mass is 35.5. The van der Waals surface area contributed by atoms with Crippen molar-refractivity contribution in [2.75, 3.05) is 20.3 Å². The Morgan fingerprint density at radius 1 is 1.20 bits per heavy atom. The van der Waals surface area contributed by atoms with Crippen molar-refractivity contribution in [2.45, 2.75) is 0 Å². The summed E-state index contributed by atoms with van der Waals surface area (Å²) in [7, 11) is 1.59. The molecule has 0 saturated heterocycles. The Kier molecular flexibility index (Phi) is 5.43. The largest absolute Gasteiger partial charge is 0.490 e. The molecule has 0 saturated carbocycles. The fourth-order valence-electron chi connectivity index (χ4n) is 1.66. The predicted molar refractivity (Wildman–Crippen MR) is 81.6 cm³/mol. The highest BCUT2D eigenvalue weighted by Gasteiger charge is 2.19. The maximum atomic E-state index is 12.5. The van der Waals surface area contributed by atoms with Gasteiger partial charge in [0.15, 0.2) is 5.78 Å². The Labute approximate surface area is 131 Å². The lowest BCUT2D eigenvalue weighted by Gasteiger charge is -2.10. The molecule has 0 atom stereocenters. The lowest BCUT2D eigenvalue weighted by atomic mass is 10.1. The molecule has 2 rings (SSSR count). The molecule has 1 aromatic carbocycles. The summed E-state index contributed by atoms with van der Waals surface area (Å²) in [4.78, 5) is 12.5. The van der Waals surface area contributed by atoms with E-state index >= 15 is 0 Å². The van der Waals surface area contributed by atoms with Crippen molar-refractivity contribution in [3.63, 3.8) is 0 Å². The number of rotatable bonds is 6. The Morgan fingerprint density at radius 2 is 1.95 bits per heavy atom. The number of thiophene rings is 1. The van der Waals surface area contributed by atoms with Crippen molar-refractivity contribution in [1.29, 1.82) is 0 Å². The second-order valence-corrected chi connectivity index (χ2v) is 6.19. The third-order valence-corrected chi connectivity index (χ3v) is 4.07. The Balaban J connectivity index is 2.27. The number of methoxy groups -OCH3 is 1. The SMILES string of the molecule is COCCOc1ccccc1C(=O)c1cc(Cl)sc1Cl. The van der Waals surface area contributed by atoms with Gasteiger partial charge in [-0.1, -0.05) is 35.3 Å². The van der Waals surface area contributed by atoms with Crippen LogP contribution in [0.4, 0.5) is 0 Å². The Hall–Kier alpha value is -1.07. The third kappa shape index (κ3) is 3.52. The molecule has 0 aliphatic carbocycles. The average Bonchev–Trinajstić information content (AvgIpc) is 2.78. The molecule has 0 unspecified atom stereocenters. The summed E-state index contributed by atoms with van der Waals surface area (Å²) in [6.07, 6.45) is 0. The van der Waals surface area contributed by atoms with Crippen LogP contribution in [0.3, 0.4) is 0 Å². The van der Waals surface area contributed by atoms with Gasteiger partial charge in [-0.2, -0.15) is 0 Å². The molecule has 6 heteroatoms. The van der Waals surface area contributed by atoms with Gasteiger partial charge in [-0.3, -0.25) is 4.79 Å². The molecule has 0 aliphatic rings. The molecule has 0 amide bonds. The van der Waals surface area contributed by atoms with E-state index in [1.807, 2.05) is 0 Å². The lowest BCUT2D eigenvalue weighted by molar-refractivity contribution is 0.103. The van der Waals surface area contributed by atoms with Crippen molar-refractivity contribution >= 4 is 40.3 Å². The lowest BCUT2D eigenvalue weighted by Crippen LogP contribution is -2.09. The van der Waals surface area contributed by atoms with Crippen LogP contribution in [-0.4, -0.2) is 26.1 Å². The van der Waals surface area contributed by atoms with Crippen LogP contribution in [0, 0.1) is 0 Å². The third-order valence-electron chi connectivity index (χ3n) is 2.58. The Bertz CT molecular complexity index is 610. The summed E-state index contributed by atoms with van der Waals surface area (Å²) >= 11 is 13.1. The minimum atomic E-state index is -0.203. The molecule has 0 aliphatic heterocycles. The van der Waals surface area contributed by atoms with Gasteiger partial charge in [-0.25, -0.2) is 0 Å². The van der Waals surface area contributed by atoms with Gasteiger partial charge in [0.25, 0.3) is 0 Å². The van der Waals surface area contributed by atoms with E-state index < -0.39 is 0 Å². The summed E-state index contributed by atoms with van der Waals surface area (Å²) < 4.78 is 11.3. The van der Waals surface area contributed by atoms with E-state index in [1.165, 1.54) is 11.3 Å². The molecule has 0 fully saturated rings. The minimum absolute atomic E-state index is 0.203. The molecule has 0 N–H and O–H groups in total. The minimum Gasteiger partial charge on any atom is -0.490 e. The van der Waals surface area contributed by atoms with Gasteiger partial charge in [0.1, 0.15) is 16.7 Å². The first-order chi connectivity index (χ1) is 9.63. The molecule has 2 aromatic rings. The number of ether oxygens (including phenoxy) is 2. The van der Waals surface area contributed by atoms with Crippen LogP contribution in [0.15, 0.2) is 30.3 Å². The van der Waals surface area contributed by atoms with Crippen molar-refractivity contribution in [2.24, 2.45) is 0 Å². The van der Waals surface area contributed by atoms with Gasteiger partial charge in [-0.05, 0) is 18.2 Å². The van der Waals surface area contributed by atoms with E-state index in [-0.39, 0.29) is 5.78 Å². The van der Waals surface area contributed by atoms with Crippen LogP contribution in [0.1, 0.15) is 15.9 Å². The van der Waals surface area contributed by atoms with E-state index in [1.54, 1.807) is 37.4 Å². The fourth-order valence-corrected chi connectivity index (χ4v) is 3.11. The zero-order chi connectivity index (χ0) is 14.5. The van der Waals surface area contributed by atoms with E-state index in [0.717, 1.165) is 0 Å². The quantitative estimate of drug-likeness (QED) is 0.584. The van der Waals surface area contributed by atoms with Crippen LogP contribution in [0.25, 0.3) is 0 Å². The molecule has 106 valence electrons. The second-order valence-electron chi connectivity index (χ2n) is 3.90. The molecular formula is C14H12Cl2O3S.